The van der Waals surface area contributed by atoms with Crippen LogP contribution in [0.25, 0.3) is 0 Å². The summed E-state index contributed by atoms with van der Waals surface area (Å²) in [6.07, 6.45) is 3.65. The maximum atomic E-state index is 12.9. The maximum Gasteiger partial charge on any atom is 0.410 e. The van der Waals surface area contributed by atoms with Gasteiger partial charge in [0.05, 0.1) is 19.6 Å². The van der Waals surface area contributed by atoms with Gasteiger partial charge in [-0.25, -0.2) is 9.78 Å². The first kappa shape index (κ1) is 26.5. The second kappa shape index (κ2) is 12.1. The van der Waals surface area contributed by atoms with Crippen LogP contribution in [-0.4, -0.2) is 71.3 Å². The Bertz CT molecular complexity index is 1070. The predicted octanol–water partition coefficient (Wildman–Crippen LogP) is 5.04. The number of aliphatic carboxylic acids is 1. The van der Waals surface area contributed by atoms with Crippen LogP contribution in [-0.2, 0) is 22.4 Å². The molecule has 10 heteroatoms. The molecule has 0 saturated carbocycles. The average Bonchev–Trinajstić information content (AvgIpc) is 2.86. The van der Waals surface area contributed by atoms with Crippen molar-refractivity contribution < 1.29 is 19.4 Å². The number of carboxylic acid groups (broad SMARTS) is 1. The molecule has 3 heterocycles. The first-order valence-corrected chi connectivity index (χ1v) is 13.1. The number of methoxy groups -OCH3 is 1. The molecule has 2 aliphatic heterocycles. The number of carbonyl (C=O) groups excluding carboxylic acids is 1. The van der Waals surface area contributed by atoms with E-state index >= 15 is 0 Å². The van der Waals surface area contributed by atoms with Gasteiger partial charge in [0.1, 0.15) is 5.82 Å². The second-order valence-electron chi connectivity index (χ2n) is 9.36. The number of halogens is 2. The van der Waals surface area contributed by atoms with Crippen molar-refractivity contribution in [2.45, 2.75) is 50.6 Å². The molecule has 8 nitrogen and oxygen atoms in total. The number of rotatable bonds is 8. The summed E-state index contributed by atoms with van der Waals surface area (Å²) >= 11 is 12.4. The maximum absolute atomic E-state index is 12.9. The number of fused-ring (bicyclic) bond motifs is 1. The van der Waals surface area contributed by atoms with E-state index in [0.29, 0.717) is 28.5 Å². The van der Waals surface area contributed by atoms with Gasteiger partial charge in [-0.15, -0.1) is 0 Å². The number of nitrogens with zero attached hydrogens (tertiary/aromatic N) is 3. The van der Waals surface area contributed by atoms with Crippen molar-refractivity contribution in [2.24, 2.45) is 0 Å². The summed E-state index contributed by atoms with van der Waals surface area (Å²) in [5, 5.41) is 13.8. The number of amides is 1. The zero-order valence-corrected chi connectivity index (χ0v) is 21.9. The van der Waals surface area contributed by atoms with Gasteiger partial charge in [0.2, 0.25) is 0 Å². The van der Waals surface area contributed by atoms with Gasteiger partial charge in [-0.1, -0.05) is 29.3 Å². The van der Waals surface area contributed by atoms with Crippen molar-refractivity contribution in [1.82, 2.24) is 14.8 Å². The molecule has 0 bridgehead atoms. The van der Waals surface area contributed by atoms with Crippen LogP contribution in [0.2, 0.25) is 10.0 Å². The fourth-order valence-electron chi connectivity index (χ4n) is 5.15. The van der Waals surface area contributed by atoms with Crippen LogP contribution in [0.5, 0.6) is 0 Å². The Labute approximate surface area is 221 Å². The summed E-state index contributed by atoms with van der Waals surface area (Å²) in [6, 6.07) is 8.29. The molecular weight excluding hydrogens is 503 g/mol. The summed E-state index contributed by atoms with van der Waals surface area (Å²) in [4.78, 5) is 33.4. The molecule has 1 fully saturated rings. The number of pyridine rings is 1. The van der Waals surface area contributed by atoms with Crippen molar-refractivity contribution in [3.8, 4) is 0 Å². The lowest BCUT2D eigenvalue weighted by molar-refractivity contribution is -0.138. The molecule has 4 rings (SSSR count). The third-order valence-corrected chi connectivity index (χ3v) is 7.38. The zero-order chi connectivity index (χ0) is 25.7. The van der Waals surface area contributed by atoms with Crippen molar-refractivity contribution >= 4 is 41.1 Å². The Morgan fingerprint density at radius 2 is 1.94 bits per heavy atom. The van der Waals surface area contributed by atoms with Gasteiger partial charge in [0.25, 0.3) is 0 Å². The van der Waals surface area contributed by atoms with Crippen LogP contribution in [0.15, 0.2) is 30.3 Å². The molecule has 0 spiro atoms. The van der Waals surface area contributed by atoms with E-state index in [0.717, 1.165) is 57.0 Å². The minimum atomic E-state index is -1.02. The molecule has 1 atom stereocenters. The normalized spacial score (nSPS) is 17.1. The minimum absolute atomic E-state index is 0.165. The summed E-state index contributed by atoms with van der Waals surface area (Å²) in [6.45, 7) is 3.42. The molecule has 0 unspecified atom stereocenters. The molecular formula is C26H32Cl2N4O4. The molecule has 0 radical (unpaired) electrons. The van der Waals surface area contributed by atoms with Gasteiger partial charge >= 0.3 is 12.1 Å². The number of benzene rings is 1. The van der Waals surface area contributed by atoms with Crippen LogP contribution < -0.4 is 5.32 Å². The molecule has 1 saturated heterocycles. The molecule has 1 aromatic heterocycles. The minimum Gasteiger partial charge on any atom is -0.481 e. The average molecular weight is 535 g/mol. The molecule has 36 heavy (non-hydrogen) atoms. The van der Waals surface area contributed by atoms with E-state index in [2.05, 4.69) is 22.3 Å². The van der Waals surface area contributed by atoms with E-state index in [1.54, 1.807) is 23.1 Å². The number of aromatic nitrogens is 1. The largest absolute Gasteiger partial charge is 0.481 e. The molecule has 2 N–H and O–H groups in total. The van der Waals surface area contributed by atoms with Crippen molar-refractivity contribution in [1.29, 1.82) is 0 Å². The van der Waals surface area contributed by atoms with Crippen LogP contribution in [0.1, 0.15) is 48.5 Å². The standard InChI is InChI=1S/C26H32Cl2N4O4/c1-36-26(35)32(23(16-24(33)34)18-13-19(27)15-20(28)14-18)22-7-11-31(12-8-22)10-6-21-5-4-17-3-2-9-29-25(17)30-21/h4-5,13-15,22-23H,2-3,6-12,16H2,1H3,(H,29,30)(H,33,34)/t23-/m0/s1. The van der Waals surface area contributed by atoms with Gasteiger partial charge in [0.15, 0.2) is 0 Å². The highest BCUT2D eigenvalue weighted by atomic mass is 35.5. The zero-order valence-electron chi connectivity index (χ0n) is 20.4. The summed E-state index contributed by atoms with van der Waals surface area (Å²) in [5.74, 6) is -0.00811. The Balaban J connectivity index is 1.43. The van der Waals surface area contributed by atoms with Gasteiger partial charge in [-0.2, -0.15) is 0 Å². The van der Waals surface area contributed by atoms with Gasteiger partial charge < -0.3 is 20.1 Å². The topological polar surface area (TPSA) is 95.0 Å². The Hall–Kier alpha value is -2.55. The number of likely N-dealkylation sites (tertiary alicyclic amines) is 1. The van der Waals surface area contributed by atoms with Gasteiger partial charge in [-0.05, 0) is 61.1 Å². The number of hydrogen-bond acceptors (Lipinski definition) is 6. The van der Waals surface area contributed by atoms with E-state index in [-0.39, 0.29) is 12.5 Å². The Kier molecular flexibility index (Phi) is 8.93. The molecule has 194 valence electrons. The van der Waals surface area contributed by atoms with E-state index in [1.807, 2.05) is 0 Å². The predicted molar refractivity (Wildman–Crippen MR) is 140 cm³/mol. The SMILES string of the molecule is COC(=O)N(C1CCN(CCc2ccc3c(n2)NCCC3)CC1)[C@@H](CC(=O)O)c1cc(Cl)cc(Cl)c1. The highest BCUT2D eigenvalue weighted by molar-refractivity contribution is 6.34. The van der Waals surface area contributed by atoms with E-state index < -0.39 is 18.1 Å². The smallest absolute Gasteiger partial charge is 0.410 e. The van der Waals surface area contributed by atoms with Crippen molar-refractivity contribution in [3.05, 3.63) is 57.2 Å². The van der Waals surface area contributed by atoms with Crippen LogP contribution in [0.4, 0.5) is 10.6 Å². The highest BCUT2D eigenvalue weighted by Crippen LogP contribution is 2.34. The first-order valence-electron chi connectivity index (χ1n) is 12.3. The number of hydrogen-bond donors (Lipinski definition) is 2. The number of nitrogens with one attached hydrogen (secondary N) is 1. The van der Waals surface area contributed by atoms with Crippen molar-refractivity contribution in [2.75, 3.05) is 38.6 Å². The second-order valence-corrected chi connectivity index (χ2v) is 10.2. The van der Waals surface area contributed by atoms with Gasteiger partial charge in [-0.3, -0.25) is 9.69 Å². The highest BCUT2D eigenvalue weighted by Gasteiger charge is 2.36. The van der Waals surface area contributed by atoms with Crippen LogP contribution in [0.3, 0.4) is 0 Å². The lowest BCUT2D eigenvalue weighted by atomic mass is 9.96. The Morgan fingerprint density at radius 1 is 1.22 bits per heavy atom. The number of piperidine rings is 1. The fourth-order valence-corrected chi connectivity index (χ4v) is 5.69. The van der Waals surface area contributed by atoms with Crippen molar-refractivity contribution in [3.63, 3.8) is 0 Å². The monoisotopic (exact) mass is 534 g/mol. The molecule has 2 aliphatic rings. The first-order chi connectivity index (χ1) is 17.3. The van der Waals surface area contributed by atoms with E-state index in [4.69, 9.17) is 32.9 Å². The van der Waals surface area contributed by atoms with E-state index in [9.17, 15) is 14.7 Å². The third-order valence-electron chi connectivity index (χ3n) is 6.95. The summed E-state index contributed by atoms with van der Waals surface area (Å²) < 4.78 is 5.09. The van der Waals surface area contributed by atoms with Crippen LogP contribution in [0, 0.1) is 0 Å². The lowest BCUT2D eigenvalue weighted by Crippen LogP contribution is -2.49. The summed E-state index contributed by atoms with van der Waals surface area (Å²) in [7, 11) is 1.31. The lowest BCUT2D eigenvalue weighted by Gasteiger charge is -2.41. The van der Waals surface area contributed by atoms with Gasteiger partial charge in [0, 0.05) is 54.4 Å². The number of anilines is 1. The summed E-state index contributed by atoms with van der Waals surface area (Å²) in [5.41, 5.74) is 2.93. The third kappa shape index (κ3) is 6.60. The molecule has 1 aromatic carbocycles. The fraction of sp³-hybridized carbons (Fsp3) is 0.500. The molecule has 0 aliphatic carbocycles. The number of carbonyl (C=O) groups is 2. The van der Waals surface area contributed by atoms with Crippen LogP contribution >= 0.6 is 23.2 Å². The quantitative estimate of drug-likeness (QED) is 0.489. The Morgan fingerprint density at radius 3 is 2.61 bits per heavy atom. The number of ether oxygens (including phenoxy) is 1. The van der Waals surface area contributed by atoms with E-state index in [1.165, 1.54) is 12.7 Å². The molecule has 2 aromatic rings. The number of carboxylic acids is 1. The molecule has 1 amide bonds. The number of aryl methyl sites for hydroxylation is 1.